The molecule has 2 unspecified atom stereocenters. The Bertz CT molecular complexity index is 882. The van der Waals surface area contributed by atoms with Crippen LogP contribution in [0.15, 0.2) is 36.5 Å². The van der Waals surface area contributed by atoms with Crippen LogP contribution in [0, 0.1) is 0 Å². The van der Waals surface area contributed by atoms with E-state index in [4.69, 9.17) is 0 Å². The highest BCUT2D eigenvalue weighted by molar-refractivity contribution is 5.76. The molecule has 0 fully saturated rings. The van der Waals surface area contributed by atoms with Gasteiger partial charge < -0.3 is 15.5 Å². The molecule has 1 amide bonds. The van der Waals surface area contributed by atoms with Gasteiger partial charge in [-0.25, -0.2) is 0 Å². The zero-order chi connectivity index (χ0) is 42.1. The molecule has 58 heavy (non-hydrogen) atoms. The van der Waals surface area contributed by atoms with E-state index in [1.807, 2.05) is 0 Å². The van der Waals surface area contributed by atoms with Crippen molar-refractivity contribution < 1.29 is 15.0 Å². The van der Waals surface area contributed by atoms with Crippen LogP contribution in [-0.4, -0.2) is 34.9 Å². The fraction of sp³-hybridized carbons (Fsp3) is 0.870. The third-order valence-electron chi connectivity index (χ3n) is 12.2. The molecule has 2 atom stereocenters. The minimum atomic E-state index is -0.666. The molecule has 0 aliphatic carbocycles. The summed E-state index contributed by atoms with van der Waals surface area (Å²) < 4.78 is 0. The summed E-state index contributed by atoms with van der Waals surface area (Å²) in [5.74, 6) is -0.0412. The van der Waals surface area contributed by atoms with E-state index in [-0.39, 0.29) is 12.5 Å². The van der Waals surface area contributed by atoms with Gasteiger partial charge in [0.05, 0.1) is 18.8 Å². The van der Waals surface area contributed by atoms with Gasteiger partial charge in [0.15, 0.2) is 0 Å². The van der Waals surface area contributed by atoms with Crippen LogP contribution < -0.4 is 5.32 Å². The molecule has 0 saturated carbocycles. The maximum atomic E-state index is 12.4. The van der Waals surface area contributed by atoms with E-state index in [9.17, 15) is 15.0 Å². The summed E-state index contributed by atoms with van der Waals surface area (Å²) in [5, 5.41) is 23.3. The topological polar surface area (TPSA) is 69.6 Å². The first kappa shape index (κ1) is 56.6. The molecule has 3 N–H and O–H groups in total. The second-order valence-electron chi connectivity index (χ2n) is 17.9. The second-order valence-corrected chi connectivity index (χ2v) is 17.9. The van der Waals surface area contributed by atoms with Gasteiger partial charge in [-0.2, -0.15) is 0 Å². The molecule has 0 aromatic carbocycles. The minimum absolute atomic E-state index is 0.0412. The lowest BCUT2D eigenvalue weighted by atomic mass is 10.0. The van der Waals surface area contributed by atoms with Crippen LogP contribution in [0.3, 0.4) is 0 Å². The fourth-order valence-electron chi connectivity index (χ4n) is 8.13. The second kappa shape index (κ2) is 50.0. The zero-order valence-corrected chi connectivity index (χ0v) is 39.3. The van der Waals surface area contributed by atoms with Crippen molar-refractivity contribution in [2.75, 3.05) is 6.61 Å². The van der Waals surface area contributed by atoms with Gasteiger partial charge in [-0.3, -0.25) is 4.79 Å². The van der Waals surface area contributed by atoms with Gasteiger partial charge in [-0.15, -0.1) is 0 Å². The van der Waals surface area contributed by atoms with Crippen molar-refractivity contribution in [1.82, 2.24) is 5.32 Å². The Labute approximate surface area is 363 Å². The van der Waals surface area contributed by atoms with E-state index < -0.39 is 12.1 Å². The largest absolute Gasteiger partial charge is 0.394 e. The van der Waals surface area contributed by atoms with Crippen molar-refractivity contribution in [3.8, 4) is 0 Å². The lowest BCUT2D eigenvalue weighted by molar-refractivity contribution is -0.123. The average Bonchev–Trinajstić information content (AvgIpc) is 3.23. The summed E-state index contributed by atoms with van der Waals surface area (Å²) in [6.45, 7) is 4.35. The Morgan fingerprint density at radius 1 is 0.414 bits per heavy atom. The minimum Gasteiger partial charge on any atom is -0.394 e. The van der Waals surface area contributed by atoms with Gasteiger partial charge in [0.1, 0.15) is 0 Å². The molecule has 4 nitrogen and oxygen atoms in total. The SMILES string of the molecule is CCCCC/C=C\C/C=C\C/C=C\CCCCCCCCC(=O)NC(CO)C(O)CCCCCCCCCCCCCCCCCCCCCCCCCCCCC. The summed E-state index contributed by atoms with van der Waals surface area (Å²) in [6, 6.07) is -0.544. The van der Waals surface area contributed by atoms with Gasteiger partial charge in [-0.1, -0.05) is 262 Å². The van der Waals surface area contributed by atoms with Crippen LogP contribution in [0.4, 0.5) is 0 Å². The molecule has 0 heterocycles. The summed E-state index contributed by atoms with van der Waals surface area (Å²) in [6.07, 6.45) is 66.8. The Kier molecular flexibility index (Phi) is 48.8. The van der Waals surface area contributed by atoms with E-state index in [2.05, 4.69) is 55.6 Å². The Hall–Kier alpha value is -1.39. The predicted molar refractivity (Wildman–Crippen MR) is 258 cm³/mol. The monoisotopic (exact) mass is 814 g/mol. The average molecular weight is 814 g/mol. The van der Waals surface area contributed by atoms with Gasteiger partial charge in [-0.05, 0) is 51.4 Å². The van der Waals surface area contributed by atoms with Crippen LogP contribution in [0.1, 0.15) is 284 Å². The number of aliphatic hydroxyl groups is 2. The van der Waals surface area contributed by atoms with E-state index in [1.165, 1.54) is 205 Å². The van der Waals surface area contributed by atoms with Crippen LogP contribution >= 0.6 is 0 Å². The zero-order valence-electron chi connectivity index (χ0n) is 39.3. The van der Waals surface area contributed by atoms with Gasteiger partial charge >= 0.3 is 0 Å². The van der Waals surface area contributed by atoms with E-state index in [0.29, 0.717) is 12.8 Å². The highest BCUT2D eigenvalue weighted by atomic mass is 16.3. The Morgan fingerprint density at radius 3 is 1.09 bits per heavy atom. The Morgan fingerprint density at radius 2 is 0.707 bits per heavy atom. The summed E-state index contributed by atoms with van der Waals surface area (Å²) in [7, 11) is 0. The normalized spacial score (nSPS) is 13.1. The quantitative estimate of drug-likeness (QED) is 0.0423. The molecule has 0 aliphatic heterocycles. The first-order valence-corrected chi connectivity index (χ1v) is 26.2. The van der Waals surface area contributed by atoms with Crippen LogP contribution in [0.2, 0.25) is 0 Å². The van der Waals surface area contributed by atoms with Crippen LogP contribution in [0.5, 0.6) is 0 Å². The number of allylic oxidation sites excluding steroid dienone is 6. The number of aliphatic hydroxyl groups excluding tert-OH is 2. The number of rotatable bonds is 48. The number of nitrogens with one attached hydrogen (secondary N) is 1. The first-order chi connectivity index (χ1) is 28.7. The summed E-state index contributed by atoms with van der Waals surface area (Å²) in [5.41, 5.74) is 0. The van der Waals surface area contributed by atoms with Crippen molar-refractivity contribution in [2.45, 2.75) is 296 Å². The molecule has 0 rings (SSSR count). The van der Waals surface area contributed by atoms with Crippen LogP contribution in [0.25, 0.3) is 0 Å². The van der Waals surface area contributed by atoms with Gasteiger partial charge in [0, 0.05) is 6.42 Å². The molecule has 0 bridgehead atoms. The van der Waals surface area contributed by atoms with Crippen molar-refractivity contribution in [3.63, 3.8) is 0 Å². The number of unbranched alkanes of at least 4 members (excludes halogenated alkanes) is 35. The third-order valence-corrected chi connectivity index (χ3v) is 12.2. The molecular weight excluding hydrogens is 711 g/mol. The molecular formula is C54H103NO3. The van der Waals surface area contributed by atoms with Gasteiger partial charge in [0.25, 0.3) is 0 Å². The number of carbonyl (C=O) groups excluding carboxylic acids is 1. The summed E-state index contributed by atoms with van der Waals surface area (Å²) in [4.78, 5) is 12.4. The molecule has 342 valence electrons. The molecule has 0 spiro atoms. The molecule has 0 aliphatic rings. The highest BCUT2D eigenvalue weighted by Gasteiger charge is 2.20. The molecule has 0 radical (unpaired) electrons. The third kappa shape index (κ3) is 45.7. The van der Waals surface area contributed by atoms with E-state index in [0.717, 1.165) is 51.4 Å². The van der Waals surface area contributed by atoms with Crippen molar-refractivity contribution in [1.29, 1.82) is 0 Å². The van der Waals surface area contributed by atoms with Crippen molar-refractivity contribution in [2.24, 2.45) is 0 Å². The Balaban J connectivity index is 3.47. The molecule has 0 aromatic heterocycles. The molecule has 0 saturated heterocycles. The maximum Gasteiger partial charge on any atom is 0.220 e. The highest BCUT2D eigenvalue weighted by Crippen LogP contribution is 2.17. The van der Waals surface area contributed by atoms with Gasteiger partial charge in [0.2, 0.25) is 5.91 Å². The number of amides is 1. The number of hydrogen-bond acceptors (Lipinski definition) is 3. The smallest absolute Gasteiger partial charge is 0.220 e. The number of hydrogen-bond donors (Lipinski definition) is 3. The lowest BCUT2D eigenvalue weighted by Crippen LogP contribution is -2.45. The predicted octanol–water partition coefficient (Wildman–Crippen LogP) is 16.9. The van der Waals surface area contributed by atoms with Crippen molar-refractivity contribution >= 4 is 5.91 Å². The van der Waals surface area contributed by atoms with E-state index in [1.54, 1.807) is 0 Å². The van der Waals surface area contributed by atoms with Crippen LogP contribution in [-0.2, 0) is 4.79 Å². The molecule has 0 aromatic rings. The first-order valence-electron chi connectivity index (χ1n) is 26.2. The maximum absolute atomic E-state index is 12.4. The fourth-order valence-corrected chi connectivity index (χ4v) is 8.13. The van der Waals surface area contributed by atoms with E-state index >= 15 is 0 Å². The van der Waals surface area contributed by atoms with Crippen molar-refractivity contribution in [3.05, 3.63) is 36.5 Å². The lowest BCUT2D eigenvalue weighted by Gasteiger charge is -2.22. The number of carbonyl (C=O) groups is 1. The standard InChI is InChI=1S/C54H103NO3/c1-3-5-7-9-11-13-15-17-19-21-23-24-25-26-27-28-29-30-32-33-35-37-39-41-43-45-47-49-53(57)52(51-56)55-54(58)50-48-46-44-42-40-38-36-34-31-22-20-18-16-14-12-10-8-6-4-2/h12,14,18,20,31,34,52-53,56-57H,3-11,13,15-17,19,21-30,32-33,35-51H2,1-2H3,(H,55,58)/b14-12-,20-18-,34-31-. The molecule has 4 heteroatoms. The summed E-state index contributed by atoms with van der Waals surface area (Å²) >= 11 is 0.